The number of benzene rings is 1. The maximum Gasteiger partial charge on any atom is 0.0233 e. The molecule has 3 nitrogen and oxygen atoms in total. The predicted octanol–water partition coefficient (Wildman–Crippen LogP) is 0.785. The molecule has 15 heavy (non-hydrogen) atoms. The first-order valence-electron chi connectivity index (χ1n) is 5.36. The Bertz CT molecular complexity index is 268. The summed E-state index contributed by atoms with van der Waals surface area (Å²) in [6.45, 7) is 3.37. The molecule has 1 aromatic carbocycles. The van der Waals surface area contributed by atoms with Gasteiger partial charge in [-0.15, -0.1) is 0 Å². The van der Waals surface area contributed by atoms with E-state index in [4.69, 9.17) is 5.73 Å². The van der Waals surface area contributed by atoms with Crippen LogP contribution in [0.1, 0.15) is 18.4 Å². The van der Waals surface area contributed by atoms with Crippen LogP contribution in [0, 0.1) is 0 Å². The minimum absolute atomic E-state index is 0. The van der Waals surface area contributed by atoms with E-state index >= 15 is 0 Å². The molecule has 84 valence electrons. The van der Waals surface area contributed by atoms with Crippen LogP contribution in [0.3, 0.4) is 0 Å². The monoisotopic (exact) mass is 208 g/mol. The van der Waals surface area contributed by atoms with Crippen molar-refractivity contribution in [1.29, 1.82) is 0 Å². The summed E-state index contributed by atoms with van der Waals surface area (Å²) >= 11 is 0. The lowest BCUT2D eigenvalue weighted by atomic mass is 10.1. The summed E-state index contributed by atoms with van der Waals surface area (Å²) in [6.07, 6.45) is 2.29. The van der Waals surface area contributed by atoms with Crippen molar-refractivity contribution in [2.24, 2.45) is 5.73 Å². The predicted molar refractivity (Wildman–Crippen MR) is 62.5 cm³/mol. The molecule has 1 saturated heterocycles. The zero-order chi connectivity index (χ0) is 9.80. The van der Waals surface area contributed by atoms with Gasteiger partial charge in [-0.25, -0.2) is 0 Å². The van der Waals surface area contributed by atoms with Crippen molar-refractivity contribution in [1.82, 2.24) is 4.90 Å². The molecule has 0 spiro atoms. The SMILES string of the molecule is NC1CCN(Cc2ccccc2)CC1.O. The molecule has 0 atom stereocenters. The molecular weight excluding hydrogens is 188 g/mol. The molecule has 4 N–H and O–H groups in total. The summed E-state index contributed by atoms with van der Waals surface area (Å²) in [5.41, 5.74) is 7.27. The van der Waals surface area contributed by atoms with Crippen molar-refractivity contribution in [3.05, 3.63) is 35.9 Å². The van der Waals surface area contributed by atoms with Crippen LogP contribution in [0.5, 0.6) is 0 Å². The smallest absolute Gasteiger partial charge is 0.0233 e. The summed E-state index contributed by atoms with van der Waals surface area (Å²) in [7, 11) is 0. The fourth-order valence-electron chi connectivity index (χ4n) is 1.95. The highest BCUT2D eigenvalue weighted by Crippen LogP contribution is 2.11. The van der Waals surface area contributed by atoms with Gasteiger partial charge in [-0.1, -0.05) is 30.3 Å². The van der Waals surface area contributed by atoms with Crippen molar-refractivity contribution in [3.63, 3.8) is 0 Å². The molecule has 1 aromatic rings. The van der Waals surface area contributed by atoms with E-state index < -0.39 is 0 Å². The number of piperidine rings is 1. The maximum absolute atomic E-state index is 5.86. The lowest BCUT2D eigenvalue weighted by molar-refractivity contribution is 0.205. The Kier molecular flexibility index (Phi) is 4.75. The molecule has 0 radical (unpaired) electrons. The van der Waals surface area contributed by atoms with Gasteiger partial charge in [0, 0.05) is 12.6 Å². The molecule has 1 fully saturated rings. The average Bonchev–Trinajstić information content (AvgIpc) is 2.23. The van der Waals surface area contributed by atoms with E-state index in [2.05, 4.69) is 35.2 Å². The average molecular weight is 208 g/mol. The fourth-order valence-corrected chi connectivity index (χ4v) is 1.95. The zero-order valence-electron chi connectivity index (χ0n) is 9.02. The first-order chi connectivity index (χ1) is 6.84. The van der Waals surface area contributed by atoms with E-state index in [9.17, 15) is 0 Å². The molecule has 1 heterocycles. The molecule has 1 aliphatic rings. The van der Waals surface area contributed by atoms with Gasteiger partial charge in [0.25, 0.3) is 0 Å². The van der Waals surface area contributed by atoms with Gasteiger partial charge in [0.2, 0.25) is 0 Å². The molecule has 0 unspecified atom stereocenters. The summed E-state index contributed by atoms with van der Waals surface area (Å²) < 4.78 is 0. The molecule has 0 aliphatic carbocycles. The highest BCUT2D eigenvalue weighted by Gasteiger charge is 2.15. The van der Waals surface area contributed by atoms with E-state index in [0.717, 1.165) is 32.5 Å². The topological polar surface area (TPSA) is 60.8 Å². The van der Waals surface area contributed by atoms with E-state index in [0.29, 0.717) is 6.04 Å². The van der Waals surface area contributed by atoms with Gasteiger partial charge < -0.3 is 11.2 Å². The molecule has 3 heteroatoms. The zero-order valence-corrected chi connectivity index (χ0v) is 9.02. The maximum atomic E-state index is 5.86. The second-order valence-corrected chi connectivity index (χ2v) is 4.10. The number of nitrogens with zero attached hydrogens (tertiary/aromatic N) is 1. The van der Waals surface area contributed by atoms with Crippen LogP contribution >= 0.6 is 0 Å². The van der Waals surface area contributed by atoms with Crippen LogP contribution in [0.15, 0.2) is 30.3 Å². The first kappa shape index (κ1) is 12.2. The van der Waals surface area contributed by atoms with Crippen molar-refractivity contribution < 1.29 is 5.48 Å². The minimum atomic E-state index is 0. The highest BCUT2D eigenvalue weighted by molar-refractivity contribution is 5.14. The highest BCUT2D eigenvalue weighted by atomic mass is 16.0. The van der Waals surface area contributed by atoms with Gasteiger partial charge in [0.15, 0.2) is 0 Å². The lowest BCUT2D eigenvalue weighted by Crippen LogP contribution is -2.39. The summed E-state index contributed by atoms with van der Waals surface area (Å²) in [5.74, 6) is 0. The Labute approximate surface area is 91.2 Å². The van der Waals surface area contributed by atoms with Crippen LogP contribution in [0.4, 0.5) is 0 Å². The third kappa shape index (κ3) is 3.63. The lowest BCUT2D eigenvalue weighted by Gasteiger charge is -2.29. The van der Waals surface area contributed by atoms with Crippen molar-refractivity contribution >= 4 is 0 Å². The summed E-state index contributed by atoms with van der Waals surface area (Å²) in [4.78, 5) is 2.48. The molecule has 0 saturated carbocycles. The van der Waals surface area contributed by atoms with Crippen molar-refractivity contribution in [2.75, 3.05) is 13.1 Å². The quantitative estimate of drug-likeness (QED) is 0.781. The van der Waals surface area contributed by atoms with Gasteiger partial charge in [-0.3, -0.25) is 4.90 Å². The minimum Gasteiger partial charge on any atom is -0.412 e. The number of hydrogen-bond donors (Lipinski definition) is 1. The molecule has 1 aliphatic heterocycles. The Morgan fingerprint density at radius 1 is 1.13 bits per heavy atom. The van der Waals surface area contributed by atoms with E-state index in [1.165, 1.54) is 5.56 Å². The number of hydrogen-bond acceptors (Lipinski definition) is 2. The van der Waals surface area contributed by atoms with Crippen LogP contribution in [-0.4, -0.2) is 29.5 Å². The normalized spacial score (nSPS) is 18.5. The van der Waals surface area contributed by atoms with E-state index in [1.54, 1.807) is 0 Å². The standard InChI is InChI=1S/C12H18N2.H2O/c13-12-6-8-14(9-7-12)10-11-4-2-1-3-5-11;/h1-5,12H,6-10,13H2;1H2. The fraction of sp³-hybridized carbons (Fsp3) is 0.500. The molecule has 0 bridgehead atoms. The Balaban J connectivity index is 0.00000112. The largest absolute Gasteiger partial charge is 0.412 e. The third-order valence-corrected chi connectivity index (χ3v) is 2.88. The van der Waals surface area contributed by atoms with Crippen molar-refractivity contribution in [3.8, 4) is 0 Å². The van der Waals surface area contributed by atoms with E-state index in [1.807, 2.05) is 0 Å². The number of likely N-dealkylation sites (tertiary alicyclic amines) is 1. The Morgan fingerprint density at radius 2 is 1.73 bits per heavy atom. The molecule has 0 amide bonds. The third-order valence-electron chi connectivity index (χ3n) is 2.88. The van der Waals surface area contributed by atoms with Crippen LogP contribution in [-0.2, 0) is 6.54 Å². The second kappa shape index (κ2) is 5.85. The Hall–Kier alpha value is -0.900. The molecular formula is C12H20N2O. The van der Waals surface area contributed by atoms with Gasteiger partial charge in [0.05, 0.1) is 0 Å². The van der Waals surface area contributed by atoms with E-state index in [-0.39, 0.29) is 5.48 Å². The van der Waals surface area contributed by atoms with Crippen LogP contribution in [0.2, 0.25) is 0 Å². The first-order valence-corrected chi connectivity index (χ1v) is 5.36. The van der Waals surface area contributed by atoms with Crippen LogP contribution < -0.4 is 5.73 Å². The van der Waals surface area contributed by atoms with Crippen molar-refractivity contribution in [2.45, 2.75) is 25.4 Å². The second-order valence-electron chi connectivity index (χ2n) is 4.10. The van der Waals surface area contributed by atoms with Gasteiger partial charge in [-0.05, 0) is 31.5 Å². The number of rotatable bonds is 2. The number of nitrogens with two attached hydrogens (primary N) is 1. The summed E-state index contributed by atoms with van der Waals surface area (Å²) in [6, 6.07) is 11.1. The van der Waals surface area contributed by atoms with Gasteiger partial charge in [-0.2, -0.15) is 0 Å². The van der Waals surface area contributed by atoms with Crippen LogP contribution in [0.25, 0.3) is 0 Å². The molecule has 0 aromatic heterocycles. The Morgan fingerprint density at radius 3 is 2.33 bits per heavy atom. The van der Waals surface area contributed by atoms with Gasteiger partial charge in [0.1, 0.15) is 0 Å². The summed E-state index contributed by atoms with van der Waals surface area (Å²) in [5, 5.41) is 0. The van der Waals surface area contributed by atoms with Gasteiger partial charge >= 0.3 is 0 Å². The molecule has 2 rings (SSSR count).